The Balaban J connectivity index is 2.70. The Morgan fingerprint density at radius 1 is 1.33 bits per heavy atom. The molecule has 0 saturated heterocycles. The summed E-state index contributed by atoms with van der Waals surface area (Å²) in [6.45, 7) is 2.96. The van der Waals surface area contributed by atoms with Crippen molar-refractivity contribution in [2.24, 2.45) is 0 Å². The number of ether oxygens (including phenoxy) is 2. The molecule has 0 heterocycles. The summed E-state index contributed by atoms with van der Waals surface area (Å²) in [5.41, 5.74) is 2.13. The van der Waals surface area contributed by atoms with Crippen LogP contribution in [0.5, 0.6) is 0 Å². The number of nitrogens with one attached hydrogen (secondary N) is 1. The molecule has 6 heteroatoms. The first-order chi connectivity index (χ1) is 10.1. The van der Waals surface area contributed by atoms with Gasteiger partial charge in [-0.15, -0.1) is 0 Å². The molecule has 1 aromatic rings. The second-order valence-electron chi connectivity index (χ2n) is 4.93. The van der Waals surface area contributed by atoms with Crippen LogP contribution >= 0.6 is 11.6 Å². The largest absolute Gasteiger partial charge is 0.389 e. The highest BCUT2D eigenvalue weighted by Gasteiger charge is 2.12. The Morgan fingerprint density at radius 3 is 2.76 bits per heavy atom. The van der Waals surface area contributed by atoms with Crippen LogP contribution < -0.4 is 10.2 Å². The van der Waals surface area contributed by atoms with E-state index in [9.17, 15) is 5.11 Å². The van der Waals surface area contributed by atoms with Crippen LogP contribution in [0.25, 0.3) is 0 Å². The van der Waals surface area contributed by atoms with E-state index in [0.29, 0.717) is 31.3 Å². The molecule has 1 rings (SSSR count). The minimum absolute atomic E-state index is 0.319. The summed E-state index contributed by atoms with van der Waals surface area (Å²) in [5, 5.41) is 13.9. The molecule has 0 radical (unpaired) electrons. The third-order valence-corrected chi connectivity index (χ3v) is 3.33. The highest BCUT2D eigenvalue weighted by Crippen LogP contribution is 2.23. The van der Waals surface area contributed by atoms with Crippen molar-refractivity contribution in [1.82, 2.24) is 5.32 Å². The van der Waals surface area contributed by atoms with Crippen molar-refractivity contribution in [3.63, 3.8) is 0 Å². The van der Waals surface area contributed by atoms with Crippen molar-refractivity contribution in [2.45, 2.75) is 12.6 Å². The average molecular weight is 317 g/mol. The quantitative estimate of drug-likeness (QED) is 0.641. The molecular weight excluding hydrogens is 292 g/mol. The summed E-state index contributed by atoms with van der Waals surface area (Å²) in [5.74, 6) is 0. The lowest BCUT2D eigenvalue weighted by Crippen LogP contribution is -2.32. The lowest BCUT2D eigenvalue weighted by atomic mass is 10.1. The van der Waals surface area contributed by atoms with Gasteiger partial charge in [-0.25, -0.2) is 0 Å². The minimum Gasteiger partial charge on any atom is -0.389 e. The van der Waals surface area contributed by atoms with E-state index in [1.54, 1.807) is 14.2 Å². The van der Waals surface area contributed by atoms with Crippen molar-refractivity contribution >= 4 is 17.3 Å². The molecule has 120 valence electrons. The average Bonchev–Trinajstić information content (AvgIpc) is 2.43. The number of likely N-dealkylation sites (N-methyl/N-ethyl adjacent to an activating group) is 1. The van der Waals surface area contributed by atoms with Crippen molar-refractivity contribution in [2.75, 3.05) is 52.5 Å². The molecule has 21 heavy (non-hydrogen) atoms. The van der Waals surface area contributed by atoms with E-state index in [0.717, 1.165) is 17.8 Å². The standard InChI is InChI=1S/C15H25ClN2O3/c1-18(10-14(19)11-21-3)15-5-4-13(16)8-12(15)9-17-6-7-20-2/h4-5,8,14,17,19H,6-7,9-11H2,1-3H3. The first-order valence-corrected chi connectivity index (χ1v) is 7.32. The second kappa shape index (κ2) is 9.97. The molecule has 0 spiro atoms. The van der Waals surface area contributed by atoms with Crippen molar-refractivity contribution in [3.8, 4) is 0 Å². The predicted octanol–water partition coefficient (Wildman–Crippen LogP) is 1.52. The Morgan fingerprint density at radius 2 is 2.10 bits per heavy atom. The number of aliphatic hydroxyl groups is 1. The Labute approximate surface area is 131 Å². The van der Waals surface area contributed by atoms with Gasteiger partial charge in [-0.05, 0) is 23.8 Å². The van der Waals surface area contributed by atoms with Gasteiger partial charge in [0.05, 0.1) is 19.3 Å². The summed E-state index contributed by atoms with van der Waals surface area (Å²) in [6.07, 6.45) is -0.523. The lowest BCUT2D eigenvalue weighted by Gasteiger charge is -2.25. The molecule has 0 aromatic heterocycles. The van der Waals surface area contributed by atoms with Crippen molar-refractivity contribution in [3.05, 3.63) is 28.8 Å². The molecule has 0 fully saturated rings. The summed E-state index contributed by atoms with van der Waals surface area (Å²) < 4.78 is 9.97. The monoisotopic (exact) mass is 316 g/mol. The minimum atomic E-state index is -0.523. The molecule has 0 aliphatic rings. The lowest BCUT2D eigenvalue weighted by molar-refractivity contribution is 0.0695. The molecule has 1 atom stereocenters. The maximum absolute atomic E-state index is 9.85. The van der Waals surface area contributed by atoms with Gasteiger partial charge in [0.1, 0.15) is 0 Å². The van der Waals surface area contributed by atoms with Crippen molar-refractivity contribution < 1.29 is 14.6 Å². The predicted molar refractivity (Wildman–Crippen MR) is 86.2 cm³/mol. The van der Waals surface area contributed by atoms with Crippen LogP contribution in [0.3, 0.4) is 0 Å². The van der Waals surface area contributed by atoms with E-state index < -0.39 is 6.10 Å². The zero-order valence-corrected chi connectivity index (χ0v) is 13.7. The number of hydrogen-bond donors (Lipinski definition) is 2. The summed E-state index contributed by atoms with van der Waals surface area (Å²) in [4.78, 5) is 2.01. The summed E-state index contributed by atoms with van der Waals surface area (Å²) >= 11 is 6.08. The van der Waals surface area contributed by atoms with Crippen molar-refractivity contribution in [1.29, 1.82) is 0 Å². The zero-order valence-electron chi connectivity index (χ0n) is 12.9. The number of nitrogens with zero attached hydrogens (tertiary/aromatic N) is 1. The van der Waals surface area contributed by atoms with Crippen LogP contribution in [0.1, 0.15) is 5.56 Å². The number of hydrogen-bond acceptors (Lipinski definition) is 5. The topological polar surface area (TPSA) is 54.0 Å². The van der Waals surface area contributed by atoms with Gasteiger partial charge in [-0.1, -0.05) is 11.6 Å². The van der Waals surface area contributed by atoms with Gasteiger partial charge in [-0.2, -0.15) is 0 Å². The van der Waals surface area contributed by atoms with Crippen LogP contribution in [0, 0.1) is 0 Å². The first-order valence-electron chi connectivity index (χ1n) is 6.94. The van der Waals surface area contributed by atoms with Crippen LogP contribution in [-0.4, -0.2) is 58.8 Å². The fourth-order valence-corrected chi connectivity index (χ4v) is 2.32. The van der Waals surface area contributed by atoms with Gasteiger partial charge in [0.15, 0.2) is 0 Å². The van der Waals surface area contributed by atoms with Crippen LogP contribution in [-0.2, 0) is 16.0 Å². The number of rotatable bonds is 10. The number of benzene rings is 1. The van der Waals surface area contributed by atoms with Gasteiger partial charge in [-0.3, -0.25) is 0 Å². The smallest absolute Gasteiger partial charge is 0.0947 e. The van der Waals surface area contributed by atoms with E-state index in [2.05, 4.69) is 5.32 Å². The molecule has 0 bridgehead atoms. The molecular formula is C15H25ClN2O3. The third kappa shape index (κ3) is 6.63. The van der Waals surface area contributed by atoms with Crippen LogP contribution in [0.2, 0.25) is 5.02 Å². The Hall–Kier alpha value is -0.850. The molecule has 0 aliphatic carbocycles. The maximum atomic E-state index is 9.85. The Kier molecular flexibility index (Phi) is 8.64. The Bertz CT molecular complexity index is 418. The van der Waals surface area contributed by atoms with E-state index in [-0.39, 0.29) is 0 Å². The SMILES string of the molecule is COCCNCc1cc(Cl)ccc1N(C)CC(O)COC. The molecule has 5 nitrogen and oxygen atoms in total. The molecule has 1 aromatic carbocycles. The zero-order chi connectivity index (χ0) is 15.7. The van der Waals surface area contributed by atoms with Gasteiger partial charge < -0.3 is 24.8 Å². The fraction of sp³-hybridized carbons (Fsp3) is 0.600. The highest BCUT2D eigenvalue weighted by atomic mass is 35.5. The van der Waals surface area contributed by atoms with Gasteiger partial charge >= 0.3 is 0 Å². The van der Waals surface area contributed by atoms with E-state index in [4.69, 9.17) is 21.1 Å². The molecule has 0 aliphatic heterocycles. The number of methoxy groups -OCH3 is 2. The summed E-state index contributed by atoms with van der Waals surface area (Å²) in [7, 11) is 5.20. The van der Waals surface area contributed by atoms with Gasteiger partial charge in [0.2, 0.25) is 0 Å². The van der Waals surface area contributed by atoms with E-state index in [1.807, 2.05) is 30.1 Å². The fourth-order valence-electron chi connectivity index (χ4n) is 2.12. The highest BCUT2D eigenvalue weighted by molar-refractivity contribution is 6.30. The van der Waals surface area contributed by atoms with E-state index >= 15 is 0 Å². The number of aliphatic hydroxyl groups excluding tert-OH is 1. The molecule has 1 unspecified atom stereocenters. The normalized spacial score (nSPS) is 12.4. The van der Waals surface area contributed by atoms with Gasteiger partial charge in [0.25, 0.3) is 0 Å². The van der Waals surface area contributed by atoms with E-state index in [1.165, 1.54) is 0 Å². The molecule has 2 N–H and O–H groups in total. The second-order valence-corrected chi connectivity index (χ2v) is 5.37. The summed E-state index contributed by atoms with van der Waals surface area (Å²) in [6, 6.07) is 5.76. The maximum Gasteiger partial charge on any atom is 0.0947 e. The van der Waals surface area contributed by atoms with Crippen LogP contribution in [0.4, 0.5) is 5.69 Å². The first kappa shape index (κ1) is 18.2. The number of halogens is 1. The molecule has 0 amide bonds. The molecule has 0 saturated carbocycles. The van der Waals surface area contributed by atoms with Gasteiger partial charge in [0, 0.05) is 51.6 Å². The van der Waals surface area contributed by atoms with Crippen LogP contribution in [0.15, 0.2) is 18.2 Å². The number of anilines is 1. The third-order valence-electron chi connectivity index (χ3n) is 3.09.